The first-order chi connectivity index (χ1) is 16.3. The topological polar surface area (TPSA) is 167 Å². The monoisotopic (exact) mass is 525 g/mol. The molecule has 0 saturated carbocycles. The summed E-state index contributed by atoms with van der Waals surface area (Å²) < 4.78 is 5.19. The standard InChI is InChI=1S/C16H22O5.C10H13NO3.ClH/c1-16(2,3)21-13(17)10-12(14(18)15(19)20)9-11-7-5-4-6-8-11;11-8(9(12)10(13)14)6-7-4-2-1-3-5-7;/h4-8,12,14,18H,9-10H2,1-3H3,(H,19,20);1-5,8-9,12H,6,11H2,(H,13,14);1H/t12-,14?;8-,9?;/m10./s1. The number of carbonyl (C=O) groups is 3. The van der Waals surface area contributed by atoms with Crippen molar-refractivity contribution in [3.63, 3.8) is 0 Å². The van der Waals surface area contributed by atoms with Crippen LogP contribution in [0, 0.1) is 5.92 Å². The van der Waals surface area contributed by atoms with Crippen LogP contribution < -0.4 is 5.73 Å². The van der Waals surface area contributed by atoms with E-state index in [0.717, 1.165) is 11.1 Å². The van der Waals surface area contributed by atoms with Gasteiger partial charge in [-0.25, -0.2) is 9.59 Å². The molecule has 36 heavy (non-hydrogen) atoms. The van der Waals surface area contributed by atoms with Gasteiger partial charge >= 0.3 is 17.9 Å². The van der Waals surface area contributed by atoms with E-state index in [1.54, 1.807) is 20.8 Å². The van der Waals surface area contributed by atoms with Gasteiger partial charge in [-0.05, 0) is 44.7 Å². The molecule has 2 aromatic carbocycles. The molecular formula is C26H36ClNO8. The summed E-state index contributed by atoms with van der Waals surface area (Å²) >= 11 is 0. The molecule has 0 amide bonds. The molecule has 0 radical (unpaired) electrons. The Bertz CT molecular complexity index is 934. The predicted octanol–water partition coefficient (Wildman–Crippen LogP) is 2.45. The molecule has 2 rings (SSSR count). The van der Waals surface area contributed by atoms with Crippen molar-refractivity contribution < 1.29 is 39.5 Å². The number of carboxylic acids is 2. The highest BCUT2D eigenvalue weighted by atomic mass is 35.5. The molecule has 0 fully saturated rings. The number of aliphatic hydroxyl groups is 2. The maximum atomic E-state index is 11.9. The Morgan fingerprint density at radius 2 is 1.22 bits per heavy atom. The summed E-state index contributed by atoms with van der Waals surface area (Å²) in [7, 11) is 0. The summed E-state index contributed by atoms with van der Waals surface area (Å²) in [4.78, 5) is 33.3. The number of hydrogen-bond acceptors (Lipinski definition) is 7. The van der Waals surface area contributed by atoms with Gasteiger partial charge in [0.25, 0.3) is 0 Å². The number of benzene rings is 2. The highest BCUT2D eigenvalue weighted by molar-refractivity contribution is 5.85. The average Bonchev–Trinajstić information content (AvgIpc) is 2.78. The lowest BCUT2D eigenvalue weighted by Crippen LogP contribution is -2.41. The molecule has 0 spiro atoms. The van der Waals surface area contributed by atoms with Crippen LogP contribution in [0.4, 0.5) is 0 Å². The number of aliphatic hydroxyl groups excluding tert-OH is 2. The number of carbonyl (C=O) groups excluding carboxylic acids is 1. The van der Waals surface area contributed by atoms with E-state index in [1.807, 2.05) is 60.7 Å². The second kappa shape index (κ2) is 15.9. The Morgan fingerprint density at radius 1 is 0.806 bits per heavy atom. The Hall–Kier alpha value is -2.98. The van der Waals surface area contributed by atoms with Crippen molar-refractivity contribution >= 4 is 30.3 Å². The molecule has 200 valence electrons. The van der Waals surface area contributed by atoms with Crippen LogP contribution in [0.1, 0.15) is 38.3 Å². The number of nitrogens with two attached hydrogens (primary N) is 1. The zero-order valence-corrected chi connectivity index (χ0v) is 21.4. The Balaban J connectivity index is 0.000000713. The molecule has 0 bridgehead atoms. The van der Waals surface area contributed by atoms with Crippen molar-refractivity contribution in [2.45, 2.75) is 63.9 Å². The third kappa shape index (κ3) is 13.2. The molecule has 0 saturated heterocycles. The van der Waals surface area contributed by atoms with Crippen molar-refractivity contribution in [1.82, 2.24) is 0 Å². The van der Waals surface area contributed by atoms with E-state index in [9.17, 15) is 19.5 Å². The summed E-state index contributed by atoms with van der Waals surface area (Å²) in [5, 5.41) is 36.4. The van der Waals surface area contributed by atoms with Crippen molar-refractivity contribution in [2.75, 3.05) is 0 Å². The van der Waals surface area contributed by atoms with Crippen molar-refractivity contribution in [3.8, 4) is 0 Å². The van der Waals surface area contributed by atoms with E-state index < -0.39 is 47.7 Å². The minimum atomic E-state index is -1.60. The smallest absolute Gasteiger partial charge is 0.334 e. The molecular weight excluding hydrogens is 490 g/mol. The molecule has 9 nitrogen and oxygen atoms in total. The van der Waals surface area contributed by atoms with Gasteiger partial charge in [0.2, 0.25) is 0 Å². The van der Waals surface area contributed by atoms with E-state index in [-0.39, 0.29) is 18.8 Å². The summed E-state index contributed by atoms with van der Waals surface area (Å²) in [5.41, 5.74) is 6.67. The number of aliphatic carboxylic acids is 2. The van der Waals surface area contributed by atoms with Gasteiger partial charge < -0.3 is 30.9 Å². The van der Waals surface area contributed by atoms with Crippen molar-refractivity contribution in [3.05, 3.63) is 71.8 Å². The van der Waals surface area contributed by atoms with Crippen LogP contribution in [0.25, 0.3) is 0 Å². The van der Waals surface area contributed by atoms with Crippen LogP contribution in [0.5, 0.6) is 0 Å². The summed E-state index contributed by atoms with van der Waals surface area (Å²) in [6, 6.07) is 17.6. The fourth-order valence-electron chi connectivity index (χ4n) is 3.19. The van der Waals surface area contributed by atoms with Crippen molar-refractivity contribution in [1.29, 1.82) is 0 Å². The lowest BCUT2D eigenvalue weighted by Gasteiger charge is -2.23. The molecule has 2 unspecified atom stereocenters. The molecule has 6 N–H and O–H groups in total. The average molecular weight is 526 g/mol. The zero-order chi connectivity index (χ0) is 26.6. The van der Waals surface area contributed by atoms with Crippen LogP contribution in [-0.4, -0.2) is 62.2 Å². The predicted molar refractivity (Wildman–Crippen MR) is 137 cm³/mol. The SMILES string of the molecule is CC(C)(C)OC(=O)C[C@@H](Cc1ccccc1)C(O)C(=O)O.Cl.N[C@@H](Cc1ccccc1)C(O)C(=O)O. The molecule has 10 heteroatoms. The van der Waals surface area contributed by atoms with Gasteiger partial charge in [-0.1, -0.05) is 60.7 Å². The third-order valence-corrected chi connectivity index (χ3v) is 4.86. The van der Waals surface area contributed by atoms with Gasteiger partial charge in [0.05, 0.1) is 6.42 Å². The molecule has 0 aliphatic heterocycles. The van der Waals surface area contributed by atoms with Crippen LogP contribution >= 0.6 is 12.4 Å². The molecule has 0 heterocycles. The number of halogens is 1. The van der Waals surface area contributed by atoms with Gasteiger partial charge in [-0.2, -0.15) is 0 Å². The highest BCUT2D eigenvalue weighted by Gasteiger charge is 2.30. The summed E-state index contributed by atoms with van der Waals surface area (Å²) in [6.45, 7) is 5.22. The van der Waals surface area contributed by atoms with E-state index in [0.29, 0.717) is 12.8 Å². The van der Waals surface area contributed by atoms with Gasteiger partial charge in [0, 0.05) is 12.0 Å². The maximum absolute atomic E-state index is 11.9. The van der Waals surface area contributed by atoms with Gasteiger partial charge in [-0.3, -0.25) is 4.79 Å². The van der Waals surface area contributed by atoms with Crippen LogP contribution in [0.15, 0.2) is 60.7 Å². The molecule has 0 aliphatic rings. The Morgan fingerprint density at radius 3 is 1.61 bits per heavy atom. The second-order valence-electron chi connectivity index (χ2n) is 9.16. The first-order valence-electron chi connectivity index (χ1n) is 11.2. The minimum Gasteiger partial charge on any atom is -0.479 e. The second-order valence-corrected chi connectivity index (χ2v) is 9.16. The lowest BCUT2D eigenvalue weighted by molar-refractivity contribution is -0.159. The molecule has 0 aliphatic carbocycles. The lowest BCUT2D eigenvalue weighted by atomic mass is 9.91. The summed E-state index contributed by atoms with van der Waals surface area (Å²) in [6.07, 6.45) is -2.59. The van der Waals surface area contributed by atoms with Crippen LogP contribution in [0.3, 0.4) is 0 Å². The van der Waals surface area contributed by atoms with Gasteiger partial charge in [0.1, 0.15) is 5.60 Å². The largest absolute Gasteiger partial charge is 0.479 e. The number of carboxylic acid groups (broad SMARTS) is 2. The minimum absolute atomic E-state index is 0. The number of hydrogen-bond donors (Lipinski definition) is 5. The summed E-state index contributed by atoms with van der Waals surface area (Å²) in [5.74, 6) is -3.85. The number of esters is 1. The maximum Gasteiger partial charge on any atom is 0.334 e. The fraction of sp³-hybridized carbons (Fsp3) is 0.423. The first-order valence-corrected chi connectivity index (χ1v) is 11.2. The molecule has 4 atom stereocenters. The van der Waals surface area contributed by atoms with Gasteiger partial charge in [-0.15, -0.1) is 12.4 Å². The van der Waals surface area contributed by atoms with E-state index in [1.165, 1.54) is 0 Å². The van der Waals surface area contributed by atoms with Crippen molar-refractivity contribution in [2.24, 2.45) is 11.7 Å². The van der Waals surface area contributed by atoms with E-state index in [2.05, 4.69) is 0 Å². The van der Waals surface area contributed by atoms with Crippen LogP contribution in [-0.2, 0) is 32.0 Å². The normalized spacial score (nSPS) is 14.1. The fourth-order valence-corrected chi connectivity index (χ4v) is 3.19. The first kappa shape index (κ1) is 33.0. The Kier molecular flexibility index (Phi) is 14.6. The van der Waals surface area contributed by atoms with E-state index in [4.69, 9.17) is 25.8 Å². The highest BCUT2D eigenvalue weighted by Crippen LogP contribution is 2.19. The van der Waals surface area contributed by atoms with Crippen LogP contribution in [0.2, 0.25) is 0 Å². The van der Waals surface area contributed by atoms with Gasteiger partial charge in [0.15, 0.2) is 12.2 Å². The number of rotatable bonds is 10. The molecule has 0 aromatic heterocycles. The van der Waals surface area contributed by atoms with E-state index >= 15 is 0 Å². The number of ether oxygens (including phenoxy) is 1. The quantitative estimate of drug-likeness (QED) is 0.292. The zero-order valence-electron chi connectivity index (χ0n) is 20.6. The molecule has 2 aromatic rings. The third-order valence-electron chi connectivity index (χ3n) is 4.86. The Labute approximate surface area is 217 Å².